The van der Waals surface area contributed by atoms with Crippen molar-refractivity contribution in [2.75, 3.05) is 6.26 Å². The first kappa shape index (κ1) is 13.7. The first-order valence-electron chi connectivity index (χ1n) is 6.45. The van der Waals surface area contributed by atoms with Crippen molar-refractivity contribution in [1.82, 2.24) is 9.55 Å². The molecule has 1 N–H and O–H groups in total. The van der Waals surface area contributed by atoms with Crippen molar-refractivity contribution in [2.45, 2.75) is 4.90 Å². The fraction of sp³-hybridized carbons (Fsp3) is 0.125. The van der Waals surface area contributed by atoms with Gasteiger partial charge in [-0.1, -0.05) is 18.2 Å². The number of aryl methyl sites for hydroxylation is 1. The van der Waals surface area contributed by atoms with Gasteiger partial charge in [-0.2, -0.15) is 0 Å². The van der Waals surface area contributed by atoms with Gasteiger partial charge in [-0.05, 0) is 30.5 Å². The SMILES string of the molecule is CSc1ccccc1-c1nc2cc(C(=O)O)ccc2n1C. The zero-order chi connectivity index (χ0) is 15.0. The number of carbonyl (C=O) groups is 1. The van der Waals surface area contributed by atoms with Crippen molar-refractivity contribution in [3.05, 3.63) is 48.0 Å². The second kappa shape index (κ2) is 5.26. The second-order valence-electron chi connectivity index (χ2n) is 4.70. The van der Waals surface area contributed by atoms with Crippen molar-refractivity contribution < 1.29 is 9.90 Å². The summed E-state index contributed by atoms with van der Waals surface area (Å²) in [4.78, 5) is 16.8. The van der Waals surface area contributed by atoms with E-state index in [0.717, 1.165) is 21.8 Å². The Bertz CT molecular complexity index is 839. The van der Waals surface area contributed by atoms with Crippen LogP contribution in [0.3, 0.4) is 0 Å². The number of carboxylic acids is 1. The van der Waals surface area contributed by atoms with Gasteiger partial charge in [-0.3, -0.25) is 0 Å². The largest absolute Gasteiger partial charge is 0.478 e. The summed E-state index contributed by atoms with van der Waals surface area (Å²) >= 11 is 1.67. The van der Waals surface area contributed by atoms with Gasteiger partial charge in [0, 0.05) is 17.5 Å². The van der Waals surface area contributed by atoms with Crippen LogP contribution in [0.15, 0.2) is 47.4 Å². The van der Waals surface area contributed by atoms with E-state index in [0.29, 0.717) is 5.52 Å². The summed E-state index contributed by atoms with van der Waals surface area (Å²) in [6, 6.07) is 13.1. The Morgan fingerprint density at radius 1 is 1.24 bits per heavy atom. The Morgan fingerprint density at radius 3 is 2.71 bits per heavy atom. The van der Waals surface area contributed by atoms with Crippen molar-refractivity contribution in [3.8, 4) is 11.4 Å². The highest BCUT2D eigenvalue weighted by Gasteiger charge is 2.14. The van der Waals surface area contributed by atoms with E-state index in [1.807, 2.05) is 36.1 Å². The van der Waals surface area contributed by atoms with E-state index in [4.69, 9.17) is 5.11 Å². The average Bonchev–Trinajstić information content (AvgIpc) is 2.83. The van der Waals surface area contributed by atoms with Crippen LogP contribution >= 0.6 is 11.8 Å². The topological polar surface area (TPSA) is 55.1 Å². The molecule has 0 atom stereocenters. The summed E-state index contributed by atoms with van der Waals surface area (Å²) in [5.41, 5.74) is 2.93. The average molecular weight is 298 g/mol. The van der Waals surface area contributed by atoms with Crippen molar-refractivity contribution in [1.29, 1.82) is 0 Å². The lowest BCUT2D eigenvalue weighted by Gasteiger charge is -2.07. The lowest BCUT2D eigenvalue weighted by Crippen LogP contribution is -1.96. The summed E-state index contributed by atoms with van der Waals surface area (Å²) < 4.78 is 2.00. The van der Waals surface area contributed by atoms with E-state index in [-0.39, 0.29) is 5.56 Å². The van der Waals surface area contributed by atoms with Gasteiger partial charge in [0.05, 0.1) is 16.6 Å². The van der Waals surface area contributed by atoms with Gasteiger partial charge in [0.25, 0.3) is 0 Å². The number of carboxylic acid groups (broad SMARTS) is 1. The number of hydrogen-bond acceptors (Lipinski definition) is 3. The van der Waals surface area contributed by atoms with Crippen LogP contribution in [0.5, 0.6) is 0 Å². The Labute approximate surface area is 126 Å². The molecule has 0 aliphatic carbocycles. The predicted octanol–water partition coefficient (Wildman–Crippen LogP) is 3.66. The molecule has 2 aromatic carbocycles. The highest BCUT2D eigenvalue weighted by molar-refractivity contribution is 7.98. The third kappa shape index (κ3) is 2.29. The fourth-order valence-electron chi connectivity index (χ4n) is 2.40. The lowest BCUT2D eigenvalue weighted by atomic mass is 10.2. The van der Waals surface area contributed by atoms with Gasteiger partial charge in [0.15, 0.2) is 0 Å². The third-order valence-electron chi connectivity index (χ3n) is 3.48. The Balaban J connectivity index is 2.24. The minimum absolute atomic E-state index is 0.255. The molecule has 0 saturated carbocycles. The first-order valence-corrected chi connectivity index (χ1v) is 7.67. The molecule has 0 aliphatic rings. The maximum atomic E-state index is 11.1. The number of rotatable bonds is 3. The molecule has 3 rings (SSSR count). The molecule has 0 amide bonds. The van der Waals surface area contributed by atoms with Gasteiger partial charge in [-0.15, -0.1) is 11.8 Å². The van der Waals surface area contributed by atoms with Gasteiger partial charge in [-0.25, -0.2) is 9.78 Å². The van der Waals surface area contributed by atoms with Crippen LogP contribution in [0.4, 0.5) is 0 Å². The molecule has 106 valence electrons. The third-order valence-corrected chi connectivity index (χ3v) is 4.27. The summed E-state index contributed by atoms with van der Waals surface area (Å²) in [7, 11) is 1.95. The van der Waals surface area contributed by atoms with Crippen LogP contribution in [0.1, 0.15) is 10.4 Å². The number of aromatic carboxylic acids is 1. The fourth-order valence-corrected chi connectivity index (χ4v) is 3.00. The highest BCUT2D eigenvalue weighted by Crippen LogP contribution is 2.31. The Morgan fingerprint density at radius 2 is 2.00 bits per heavy atom. The lowest BCUT2D eigenvalue weighted by molar-refractivity contribution is 0.0697. The monoisotopic (exact) mass is 298 g/mol. The van der Waals surface area contributed by atoms with Crippen LogP contribution in [0.2, 0.25) is 0 Å². The highest BCUT2D eigenvalue weighted by atomic mass is 32.2. The molecule has 21 heavy (non-hydrogen) atoms. The van der Waals surface area contributed by atoms with E-state index in [1.54, 1.807) is 30.0 Å². The predicted molar refractivity (Wildman–Crippen MR) is 84.9 cm³/mol. The van der Waals surface area contributed by atoms with E-state index in [2.05, 4.69) is 11.1 Å². The molecule has 0 spiro atoms. The molecule has 1 aromatic heterocycles. The molecule has 0 saturated heterocycles. The number of hydrogen-bond donors (Lipinski definition) is 1. The molecule has 1 heterocycles. The summed E-state index contributed by atoms with van der Waals surface area (Å²) in [6.45, 7) is 0. The molecule has 0 aliphatic heterocycles. The van der Waals surface area contributed by atoms with E-state index in [9.17, 15) is 4.79 Å². The van der Waals surface area contributed by atoms with E-state index < -0.39 is 5.97 Å². The number of fused-ring (bicyclic) bond motifs is 1. The van der Waals surface area contributed by atoms with Gasteiger partial charge in [0.2, 0.25) is 0 Å². The van der Waals surface area contributed by atoms with Gasteiger partial charge in [0.1, 0.15) is 5.82 Å². The number of thioether (sulfide) groups is 1. The standard InChI is InChI=1S/C16H14N2O2S/c1-18-13-8-7-10(16(19)20)9-12(13)17-15(18)11-5-3-4-6-14(11)21-2/h3-9H,1-2H3,(H,19,20). The zero-order valence-corrected chi connectivity index (χ0v) is 12.5. The molecule has 3 aromatic rings. The normalized spacial score (nSPS) is 11.0. The molecule has 0 radical (unpaired) electrons. The van der Waals surface area contributed by atoms with Crippen LogP contribution in [-0.4, -0.2) is 26.9 Å². The number of imidazole rings is 1. The molecule has 0 fully saturated rings. The number of aromatic nitrogens is 2. The quantitative estimate of drug-likeness (QED) is 0.750. The van der Waals surface area contributed by atoms with Gasteiger partial charge >= 0.3 is 5.97 Å². The zero-order valence-electron chi connectivity index (χ0n) is 11.7. The Hall–Kier alpha value is -2.27. The van der Waals surface area contributed by atoms with E-state index >= 15 is 0 Å². The number of benzene rings is 2. The maximum absolute atomic E-state index is 11.1. The second-order valence-corrected chi connectivity index (χ2v) is 5.55. The Kier molecular flexibility index (Phi) is 3.43. The van der Waals surface area contributed by atoms with Crippen molar-refractivity contribution >= 4 is 28.8 Å². The van der Waals surface area contributed by atoms with Crippen LogP contribution < -0.4 is 0 Å². The van der Waals surface area contributed by atoms with Crippen LogP contribution in [0, 0.1) is 0 Å². The van der Waals surface area contributed by atoms with Gasteiger partial charge < -0.3 is 9.67 Å². The minimum atomic E-state index is -0.936. The first-order chi connectivity index (χ1) is 10.1. The molecule has 5 heteroatoms. The summed E-state index contributed by atoms with van der Waals surface area (Å²) in [5.74, 6) is -0.0916. The summed E-state index contributed by atoms with van der Waals surface area (Å²) in [5, 5.41) is 9.08. The molecule has 0 unspecified atom stereocenters. The maximum Gasteiger partial charge on any atom is 0.335 e. The molecular formula is C16H14N2O2S. The molecule has 0 bridgehead atoms. The van der Waals surface area contributed by atoms with Crippen LogP contribution in [0.25, 0.3) is 22.4 Å². The van der Waals surface area contributed by atoms with Crippen LogP contribution in [-0.2, 0) is 7.05 Å². The van der Waals surface area contributed by atoms with E-state index in [1.165, 1.54) is 0 Å². The minimum Gasteiger partial charge on any atom is -0.478 e. The molecule has 4 nitrogen and oxygen atoms in total. The van der Waals surface area contributed by atoms with Crippen molar-refractivity contribution in [2.24, 2.45) is 7.05 Å². The smallest absolute Gasteiger partial charge is 0.335 e. The van der Waals surface area contributed by atoms with Crippen molar-refractivity contribution in [3.63, 3.8) is 0 Å². The number of nitrogens with zero attached hydrogens (tertiary/aromatic N) is 2. The summed E-state index contributed by atoms with van der Waals surface area (Å²) in [6.07, 6.45) is 2.03. The molecular weight excluding hydrogens is 284 g/mol.